The Balaban J connectivity index is 1.00. The molecule has 0 unspecified atom stereocenters. The first-order valence-corrected chi connectivity index (χ1v) is 21.2. The summed E-state index contributed by atoms with van der Waals surface area (Å²) in [5.41, 5.74) is 2.34. The minimum Gasteiger partial charge on any atom is -0.495 e. The van der Waals surface area contributed by atoms with Crippen LogP contribution in [0, 0.1) is 0 Å². The van der Waals surface area contributed by atoms with Crippen molar-refractivity contribution in [2.75, 3.05) is 41.2 Å². The molecule has 5 aromatic rings. The van der Waals surface area contributed by atoms with Gasteiger partial charge < -0.3 is 14.2 Å². The third-order valence-electron chi connectivity index (χ3n) is 9.07. The van der Waals surface area contributed by atoms with Gasteiger partial charge in [0.2, 0.25) is 0 Å². The first kappa shape index (κ1) is 39.1. The van der Waals surface area contributed by atoms with E-state index in [4.69, 9.17) is 37.4 Å². The fourth-order valence-electron chi connectivity index (χ4n) is 6.37. The summed E-state index contributed by atoms with van der Waals surface area (Å²) in [6, 6.07) is 17.7. The molecule has 0 bridgehead atoms. The second-order valence-electron chi connectivity index (χ2n) is 12.5. The highest BCUT2D eigenvalue weighted by Gasteiger charge is 2.35. The zero-order valence-electron chi connectivity index (χ0n) is 29.4. The quantitative estimate of drug-likeness (QED) is 0.119. The molecular weight excluding hydrogens is 828 g/mol. The summed E-state index contributed by atoms with van der Waals surface area (Å²) in [6.07, 6.45) is 0.415. The van der Waals surface area contributed by atoms with E-state index in [2.05, 4.69) is 10.3 Å². The van der Waals surface area contributed by atoms with Crippen molar-refractivity contribution >= 4 is 88.9 Å². The van der Waals surface area contributed by atoms with Crippen molar-refractivity contribution in [3.63, 3.8) is 0 Å². The predicted octanol–water partition coefficient (Wildman–Crippen LogP) is 6.15. The van der Waals surface area contributed by atoms with E-state index >= 15 is 0 Å². The molecule has 14 nitrogen and oxygen atoms in total. The van der Waals surface area contributed by atoms with Crippen molar-refractivity contribution in [1.82, 2.24) is 4.98 Å². The molecule has 2 aliphatic heterocycles. The summed E-state index contributed by atoms with van der Waals surface area (Å²) in [4.78, 5) is 43.2. The van der Waals surface area contributed by atoms with Crippen molar-refractivity contribution in [3.8, 4) is 11.5 Å². The van der Waals surface area contributed by atoms with Crippen LogP contribution in [0.4, 0.5) is 16.5 Å². The molecule has 1 aromatic heterocycles. The largest absolute Gasteiger partial charge is 0.495 e. The number of methoxy groups -OCH3 is 2. The lowest BCUT2D eigenvalue weighted by atomic mass is 10.1. The van der Waals surface area contributed by atoms with Gasteiger partial charge in [-0.15, -0.1) is 11.3 Å². The van der Waals surface area contributed by atoms with E-state index < -0.39 is 44.3 Å². The predicted molar refractivity (Wildman–Crippen MR) is 210 cm³/mol. The number of nitrogens with one attached hydrogen (secondary N) is 1. The number of halogens is 2. The SMILES string of the molecule is COc1ccc(Cl)cc1S(=O)(=O)N1CCc2ccc(C(=O)Nc3nc(CC(=O)OC(=O)c4ccc5c(c4)N(S(=O)(=O)c4cc(Cl)ccc4OC)CC5)cs3)cc21. The molecule has 3 heterocycles. The molecule has 4 aromatic carbocycles. The Morgan fingerprint density at radius 3 is 1.80 bits per heavy atom. The van der Waals surface area contributed by atoms with E-state index in [1.165, 1.54) is 78.5 Å². The van der Waals surface area contributed by atoms with Crippen molar-refractivity contribution in [3.05, 3.63) is 116 Å². The topological polar surface area (TPSA) is 179 Å². The average Bonchev–Trinajstić information content (AvgIpc) is 3.93. The van der Waals surface area contributed by atoms with E-state index in [1.54, 1.807) is 18.2 Å². The van der Waals surface area contributed by atoms with Gasteiger partial charge >= 0.3 is 11.9 Å². The number of aromatic nitrogens is 1. The lowest BCUT2D eigenvalue weighted by molar-refractivity contribution is -0.137. The van der Waals surface area contributed by atoms with Gasteiger partial charge in [0.25, 0.3) is 26.0 Å². The Hall–Kier alpha value is -5.20. The van der Waals surface area contributed by atoms with Crippen molar-refractivity contribution in [2.24, 2.45) is 0 Å². The minimum absolute atomic E-state index is 0.0455. The van der Waals surface area contributed by atoms with Gasteiger partial charge in [-0.05, 0) is 84.6 Å². The number of hydrogen-bond donors (Lipinski definition) is 1. The Labute approximate surface area is 335 Å². The van der Waals surface area contributed by atoms with Crippen LogP contribution in [0.1, 0.15) is 37.5 Å². The summed E-state index contributed by atoms with van der Waals surface area (Å²) < 4.78 is 72.7. The summed E-state index contributed by atoms with van der Waals surface area (Å²) in [5, 5.41) is 4.74. The van der Waals surface area contributed by atoms with E-state index in [0.29, 0.717) is 24.1 Å². The van der Waals surface area contributed by atoms with Crippen LogP contribution in [0.2, 0.25) is 10.0 Å². The molecular formula is C37H30Cl2N4O10S3. The molecule has 0 atom stereocenters. The number of ether oxygens (including phenoxy) is 3. The summed E-state index contributed by atoms with van der Waals surface area (Å²) in [5.74, 6) is -2.26. The van der Waals surface area contributed by atoms with Crippen molar-refractivity contribution < 1.29 is 45.4 Å². The maximum atomic E-state index is 13.7. The highest BCUT2D eigenvalue weighted by molar-refractivity contribution is 7.93. The molecule has 290 valence electrons. The summed E-state index contributed by atoms with van der Waals surface area (Å²) in [7, 11) is -5.54. The number of anilines is 3. The molecule has 0 radical (unpaired) electrons. The molecule has 19 heteroatoms. The highest BCUT2D eigenvalue weighted by atomic mass is 35.5. The first-order valence-electron chi connectivity index (χ1n) is 16.7. The molecule has 2 aliphatic rings. The second kappa shape index (κ2) is 15.4. The normalized spacial score (nSPS) is 13.6. The van der Waals surface area contributed by atoms with Crippen LogP contribution >= 0.6 is 34.5 Å². The molecule has 1 N–H and O–H groups in total. The van der Waals surface area contributed by atoms with Crippen LogP contribution in [0.3, 0.4) is 0 Å². The molecule has 1 amide bonds. The van der Waals surface area contributed by atoms with E-state index in [0.717, 1.165) is 21.2 Å². The van der Waals surface area contributed by atoms with Crippen LogP contribution in [-0.2, 0) is 48.8 Å². The van der Waals surface area contributed by atoms with Gasteiger partial charge in [0.1, 0.15) is 21.3 Å². The maximum absolute atomic E-state index is 13.7. The Bertz CT molecular complexity index is 2650. The van der Waals surface area contributed by atoms with E-state index in [1.807, 2.05) is 0 Å². The van der Waals surface area contributed by atoms with Gasteiger partial charge in [-0.2, -0.15) is 0 Å². The van der Waals surface area contributed by atoms with Crippen LogP contribution in [0.5, 0.6) is 11.5 Å². The van der Waals surface area contributed by atoms with Crippen molar-refractivity contribution in [2.45, 2.75) is 29.1 Å². The second-order valence-corrected chi connectivity index (χ2v) is 17.9. The zero-order valence-corrected chi connectivity index (χ0v) is 33.4. The summed E-state index contributed by atoms with van der Waals surface area (Å²) in [6.45, 7) is 0.263. The smallest absolute Gasteiger partial charge is 0.345 e. The fraction of sp³-hybridized carbons (Fsp3) is 0.189. The lowest BCUT2D eigenvalue weighted by Gasteiger charge is -2.21. The number of benzene rings is 4. The monoisotopic (exact) mass is 856 g/mol. The fourth-order valence-corrected chi connectivity index (χ4v) is 10.9. The Morgan fingerprint density at radius 1 is 0.750 bits per heavy atom. The van der Waals surface area contributed by atoms with Crippen LogP contribution < -0.4 is 23.4 Å². The molecule has 56 heavy (non-hydrogen) atoms. The molecule has 0 fully saturated rings. The maximum Gasteiger partial charge on any atom is 0.345 e. The number of carbonyl (C=O) groups excluding carboxylic acids is 3. The number of hydrogen-bond acceptors (Lipinski definition) is 12. The number of sulfonamides is 2. The number of carbonyl (C=O) groups is 3. The lowest BCUT2D eigenvalue weighted by Crippen LogP contribution is -2.29. The Kier molecular flexibility index (Phi) is 10.7. The average molecular weight is 858 g/mol. The minimum atomic E-state index is -4.14. The zero-order chi connectivity index (χ0) is 39.9. The van der Waals surface area contributed by atoms with Gasteiger partial charge in [-0.25, -0.2) is 26.6 Å². The van der Waals surface area contributed by atoms with Gasteiger partial charge in [0.05, 0.1) is 43.3 Å². The number of amides is 1. The molecule has 0 spiro atoms. The number of esters is 2. The standard InChI is InChI=1S/C37H30Cl2N4O10S3/c1-51-30-9-7-25(38)17-32(30)55(47,48)42-13-11-21-3-5-23(15-28(21)42)35(45)41-37-40-27(20-54-37)19-34(44)53-36(46)24-6-4-22-12-14-43(29(22)16-24)56(49,50)33-18-26(39)8-10-31(33)52-2/h3-10,15-18,20H,11-14,19H2,1-2H3,(H,40,41,45). The first-order chi connectivity index (χ1) is 26.7. The molecule has 7 rings (SSSR count). The van der Waals surface area contributed by atoms with Crippen LogP contribution in [0.15, 0.2) is 88.0 Å². The van der Waals surface area contributed by atoms with E-state index in [-0.39, 0.29) is 72.1 Å². The Morgan fingerprint density at radius 2 is 1.27 bits per heavy atom. The molecule has 0 saturated carbocycles. The van der Waals surface area contributed by atoms with Gasteiger partial charge in [0.15, 0.2) is 5.13 Å². The molecule has 0 aliphatic carbocycles. The third-order valence-corrected chi connectivity index (χ3v) is 14.0. The summed E-state index contributed by atoms with van der Waals surface area (Å²) >= 11 is 13.2. The van der Waals surface area contributed by atoms with Crippen molar-refractivity contribution in [1.29, 1.82) is 0 Å². The van der Waals surface area contributed by atoms with Gasteiger partial charge in [0, 0.05) is 34.1 Å². The number of nitrogens with zero attached hydrogens (tertiary/aromatic N) is 3. The highest BCUT2D eigenvalue weighted by Crippen LogP contribution is 2.39. The number of thiazole rings is 1. The van der Waals surface area contributed by atoms with Gasteiger partial charge in [-0.1, -0.05) is 35.3 Å². The number of rotatable bonds is 11. The van der Waals surface area contributed by atoms with Crippen LogP contribution in [0.25, 0.3) is 0 Å². The van der Waals surface area contributed by atoms with E-state index in [9.17, 15) is 31.2 Å². The van der Waals surface area contributed by atoms with Gasteiger partial charge in [-0.3, -0.25) is 23.5 Å². The molecule has 0 saturated heterocycles. The third kappa shape index (κ3) is 7.52. The number of fused-ring (bicyclic) bond motifs is 2. The van der Waals surface area contributed by atoms with Crippen LogP contribution in [-0.4, -0.2) is 67.0 Å².